The summed E-state index contributed by atoms with van der Waals surface area (Å²) in [7, 11) is 1.36. The van der Waals surface area contributed by atoms with E-state index >= 15 is 0 Å². The van der Waals surface area contributed by atoms with Gasteiger partial charge >= 0.3 is 5.97 Å². The molecule has 7 heteroatoms. The zero-order chi connectivity index (χ0) is 22.3. The molecule has 0 spiro atoms. The Bertz CT molecular complexity index is 1180. The van der Waals surface area contributed by atoms with E-state index in [1.807, 2.05) is 60.0 Å². The lowest BCUT2D eigenvalue weighted by Crippen LogP contribution is -2.27. The van der Waals surface area contributed by atoms with E-state index < -0.39 is 0 Å². The summed E-state index contributed by atoms with van der Waals surface area (Å²) in [6.07, 6.45) is 0.974. The van der Waals surface area contributed by atoms with Gasteiger partial charge in [0, 0.05) is 17.0 Å². The SMILES string of the molecule is COC(=O)c1ccc(CCNC(=O)Cc2sc(-c3ccccc3)nc2-c2cccs2)cc1. The first-order chi connectivity index (χ1) is 15.6. The summed E-state index contributed by atoms with van der Waals surface area (Å²) in [5.41, 5.74) is 3.50. The van der Waals surface area contributed by atoms with Gasteiger partial charge in [0.2, 0.25) is 5.91 Å². The van der Waals surface area contributed by atoms with E-state index in [2.05, 4.69) is 5.32 Å². The molecule has 0 atom stereocenters. The molecule has 0 bridgehead atoms. The fraction of sp³-hybridized carbons (Fsp3) is 0.160. The van der Waals surface area contributed by atoms with Crippen molar-refractivity contribution in [2.75, 3.05) is 13.7 Å². The fourth-order valence-electron chi connectivity index (χ4n) is 3.26. The molecule has 5 nitrogen and oxygen atoms in total. The van der Waals surface area contributed by atoms with Crippen molar-refractivity contribution in [2.24, 2.45) is 0 Å². The van der Waals surface area contributed by atoms with Crippen LogP contribution in [0.5, 0.6) is 0 Å². The van der Waals surface area contributed by atoms with Gasteiger partial charge in [-0.25, -0.2) is 9.78 Å². The molecule has 1 amide bonds. The normalized spacial score (nSPS) is 10.7. The first-order valence-electron chi connectivity index (χ1n) is 10.2. The van der Waals surface area contributed by atoms with E-state index in [1.54, 1.807) is 34.8 Å². The number of thiophene rings is 1. The van der Waals surface area contributed by atoms with E-state index in [0.29, 0.717) is 24.9 Å². The first kappa shape index (κ1) is 21.9. The number of carbonyl (C=O) groups is 2. The van der Waals surface area contributed by atoms with Crippen LogP contribution in [0.1, 0.15) is 20.8 Å². The van der Waals surface area contributed by atoms with Crippen molar-refractivity contribution in [1.29, 1.82) is 0 Å². The van der Waals surface area contributed by atoms with Crippen molar-refractivity contribution in [3.8, 4) is 21.1 Å². The van der Waals surface area contributed by atoms with Crippen LogP contribution in [-0.4, -0.2) is 30.5 Å². The summed E-state index contributed by atoms with van der Waals surface area (Å²) in [6.45, 7) is 0.523. The molecule has 1 N–H and O–H groups in total. The van der Waals surface area contributed by atoms with Gasteiger partial charge in [-0.15, -0.1) is 22.7 Å². The number of methoxy groups -OCH3 is 1. The standard InChI is InChI=1S/C25H22N2O3S2/c1-30-25(29)19-11-9-17(10-12-19)13-14-26-22(28)16-21-23(20-8-5-15-31-20)27-24(32-21)18-6-3-2-4-7-18/h2-12,15H,13-14,16H2,1H3,(H,26,28). The molecule has 0 radical (unpaired) electrons. The van der Waals surface area contributed by atoms with Gasteiger partial charge in [0.1, 0.15) is 5.01 Å². The number of carbonyl (C=O) groups excluding carboxylic acids is 2. The van der Waals surface area contributed by atoms with Crippen molar-refractivity contribution in [2.45, 2.75) is 12.8 Å². The minimum absolute atomic E-state index is 0.0303. The molecule has 4 aromatic rings. The number of esters is 1. The molecular weight excluding hydrogens is 440 g/mol. The summed E-state index contributed by atoms with van der Waals surface area (Å²) in [6, 6.07) is 21.3. The van der Waals surface area contributed by atoms with Gasteiger partial charge in [0.25, 0.3) is 0 Å². The molecule has 0 aliphatic rings. The molecule has 2 aromatic carbocycles. The van der Waals surface area contributed by atoms with Crippen LogP contribution in [-0.2, 0) is 22.4 Å². The van der Waals surface area contributed by atoms with Crippen molar-refractivity contribution in [3.05, 3.63) is 88.1 Å². The number of nitrogens with one attached hydrogen (secondary N) is 1. The Balaban J connectivity index is 1.40. The van der Waals surface area contributed by atoms with Gasteiger partial charge in [-0.05, 0) is 35.6 Å². The number of rotatable bonds is 8. The lowest BCUT2D eigenvalue weighted by atomic mass is 10.1. The largest absolute Gasteiger partial charge is 0.465 e. The summed E-state index contributed by atoms with van der Waals surface area (Å²) < 4.78 is 4.71. The van der Waals surface area contributed by atoms with Crippen LogP contribution in [0.4, 0.5) is 0 Å². The molecule has 4 rings (SSSR count). The minimum atomic E-state index is -0.356. The second-order valence-electron chi connectivity index (χ2n) is 7.10. The molecular formula is C25H22N2O3S2. The number of benzene rings is 2. The molecule has 0 fully saturated rings. The molecule has 0 aliphatic heterocycles. The predicted molar refractivity (Wildman–Crippen MR) is 129 cm³/mol. The molecule has 0 saturated heterocycles. The third kappa shape index (κ3) is 5.30. The Hall–Kier alpha value is -3.29. The zero-order valence-electron chi connectivity index (χ0n) is 17.5. The van der Waals surface area contributed by atoms with Crippen LogP contribution in [0.15, 0.2) is 72.1 Å². The van der Waals surface area contributed by atoms with E-state index in [4.69, 9.17) is 9.72 Å². The maximum atomic E-state index is 12.7. The number of amides is 1. The van der Waals surface area contributed by atoms with Crippen molar-refractivity contribution in [1.82, 2.24) is 10.3 Å². The third-order valence-electron chi connectivity index (χ3n) is 4.90. The van der Waals surface area contributed by atoms with Gasteiger partial charge in [-0.1, -0.05) is 48.5 Å². The maximum absolute atomic E-state index is 12.7. The molecule has 2 aromatic heterocycles. The van der Waals surface area contributed by atoms with Crippen molar-refractivity contribution >= 4 is 34.6 Å². The van der Waals surface area contributed by atoms with Crippen molar-refractivity contribution < 1.29 is 14.3 Å². The summed E-state index contributed by atoms with van der Waals surface area (Å²) in [4.78, 5) is 31.1. The Labute approximate surface area is 194 Å². The Morgan fingerprint density at radius 3 is 2.47 bits per heavy atom. The van der Waals surface area contributed by atoms with Crippen LogP contribution >= 0.6 is 22.7 Å². The fourth-order valence-corrected chi connectivity index (χ4v) is 5.15. The predicted octanol–water partition coefficient (Wildman–Crippen LogP) is 5.23. The highest BCUT2D eigenvalue weighted by molar-refractivity contribution is 7.17. The number of hydrogen-bond acceptors (Lipinski definition) is 6. The van der Waals surface area contributed by atoms with Gasteiger partial charge in [0.15, 0.2) is 0 Å². The Kier molecular flexibility index (Phi) is 7.09. The molecule has 2 heterocycles. The topological polar surface area (TPSA) is 68.3 Å². The van der Waals surface area contributed by atoms with Crippen molar-refractivity contribution in [3.63, 3.8) is 0 Å². The number of nitrogens with zero attached hydrogens (tertiary/aromatic N) is 1. The zero-order valence-corrected chi connectivity index (χ0v) is 19.2. The van der Waals surface area contributed by atoms with Gasteiger partial charge < -0.3 is 10.1 Å². The molecule has 0 unspecified atom stereocenters. The average Bonchev–Trinajstić information content (AvgIpc) is 3.50. The highest BCUT2D eigenvalue weighted by atomic mass is 32.1. The van der Waals surface area contributed by atoms with Crippen LogP contribution in [0.2, 0.25) is 0 Å². The number of thiazole rings is 1. The summed E-state index contributed by atoms with van der Waals surface area (Å²) >= 11 is 3.19. The number of hydrogen-bond donors (Lipinski definition) is 1. The second kappa shape index (κ2) is 10.3. The second-order valence-corrected chi connectivity index (χ2v) is 9.13. The summed E-state index contributed by atoms with van der Waals surface area (Å²) in [5.74, 6) is -0.386. The minimum Gasteiger partial charge on any atom is -0.465 e. The van der Waals surface area contributed by atoms with E-state index in [1.165, 1.54) is 7.11 Å². The van der Waals surface area contributed by atoms with Crippen LogP contribution in [0.25, 0.3) is 21.1 Å². The van der Waals surface area contributed by atoms with E-state index in [-0.39, 0.29) is 11.9 Å². The molecule has 162 valence electrons. The van der Waals surface area contributed by atoms with Crippen LogP contribution in [0.3, 0.4) is 0 Å². The summed E-state index contributed by atoms with van der Waals surface area (Å²) in [5, 5.41) is 5.94. The third-order valence-corrected chi connectivity index (χ3v) is 6.89. The van der Waals surface area contributed by atoms with Crippen LogP contribution in [0, 0.1) is 0 Å². The molecule has 32 heavy (non-hydrogen) atoms. The lowest BCUT2D eigenvalue weighted by Gasteiger charge is -2.06. The number of ether oxygens (including phenoxy) is 1. The van der Waals surface area contributed by atoms with E-state index in [0.717, 1.165) is 31.6 Å². The Morgan fingerprint density at radius 1 is 1.00 bits per heavy atom. The quantitative estimate of drug-likeness (QED) is 0.364. The van der Waals surface area contributed by atoms with E-state index in [9.17, 15) is 9.59 Å². The molecule has 0 aliphatic carbocycles. The van der Waals surface area contributed by atoms with Gasteiger partial charge in [0.05, 0.1) is 29.7 Å². The van der Waals surface area contributed by atoms with Crippen LogP contribution < -0.4 is 5.32 Å². The lowest BCUT2D eigenvalue weighted by molar-refractivity contribution is -0.120. The van der Waals surface area contributed by atoms with Gasteiger partial charge in [-0.3, -0.25) is 4.79 Å². The highest BCUT2D eigenvalue weighted by Gasteiger charge is 2.17. The highest BCUT2D eigenvalue weighted by Crippen LogP contribution is 2.36. The maximum Gasteiger partial charge on any atom is 0.337 e. The smallest absolute Gasteiger partial charge is 0.337 e. The van der Waals surface area contributed by atoms with Gasteiger partial charge in [-0.2, -0.15) is 0 Å². The first-order valence-corrected chi connectivity index (χ1v) is 11.9. The number of aromatic nitrogens is 1. The Morgan fingerprint density at radius 2 is 1.78 bits per heavy atom. The average molecular weight is 463 g/mol. The molecule has 0 saturated carbocycles. The monoisotopic (exact) mass is 462 g/mol.